The molecular weight excluding hydrogens is 392 g/mol. The van der Waals surface area contributed by atoms with Crippen molar-refractivity contribution < 1.29 is 19.4 Å². The zero-order valence-corrected chi connectivity index (χ0v) is 18.2. The van der Waals surface area contributed by atoms with Gasteiger partial charge in [-0.15, -0.1) is 0 Å². The molecule has 6 nitrogen and oxygen atoms in total. The highest BCUT2D eigenvalue weighted by Gasteiger charge is 2.16. The van der Waals surface area contributed by atoms with Crippen LogP contribution in [0.1, 0.15) is 47.9 Å². The maximum Gasteiger partial charge on any atom is 0.303 e. The van der Waals surface area contributed by atoms with Crippen LogP contribution in [0.2, 0.25) is 0 Å². The average Bonchev–Trinajstić information content (AvgIpc) is 2.75. The molecule has 0 saturated heterocycles. The molecule has 2 aromatic carbocycles. The van der Waals surface area contributed by atoms with Gasteiger partial charge in [-0.1, -0.05) is 42.0 Å². The minimum absolute atomic E-state index is 0.0239. The lowest BCUT2D eigenvalue weighted by Crippen LogP contribution is -2.37. The molecule has 0 aromatic heterocycles. The van der Waals surface area contributed by atoms with E-state index in [1.807, 2.05) is 18.2 Å². The topological polar surface area (TPSA) is 78.9 Å². The predicted octanol–water partition coefficient (Wildman–Crippen LogP) is 3.69. The van der Waals surface area contributed by atoms with Gasteiger partial charge in [-0.25, -0.2) is 0 Å². The van der Waals surface area contributed by atoms with Gasteiger partial charge in [0.05, 0.1) is 13.2 Å². The van der Waals surface area contributed by atoms with Crippen molar-refractivity contribution in [2.24, 2.45) is 0 Å². The zero-order valence-electron chi connectivity index (χ0n) is 18.2. The van der Waals surface area contributed by atoms with E-state index >= 15 is 0 Å². The third-order valence-electron chi connectivity index (χ3n) is 5.44. The number of hydrogen-bond donors (Lipinski definition) is 2. The molecular formula is C25H32N2O4. The fourth-order valence-corrected chi connectivity index (χ4v) is 3.74. The quantitative estimate of drug-likeness (QED) is 0.765. The number of aliphatic carboxylic acids is 1. The summed E-state index contributed by atoms with van der Waals surface area (Å²) in [5, 5.41) is 12.1. The van der Waals surface area contributed by atoms with Gasteiger partial charge in [0.2, 0.25) is 5.91 Å². The average molecular weight is 425 g/mol. The molecule has 0 atom stereocenters. The van der Waals surface area contributed by atoms with E-state index < -0.39 is 5.97 Å². The third-order valence-corrected chi connectivity index (χ3v) is 5.44. The summed E-state index contributed by atoms with van der Waals surface area (Å²) in [5.41, 5.74) is 4.30. The van der Waals surface area contributed by atoms with E-state index in [1.54, 1.807) is 0 Å². The van der Waals surface area contributed by atoms with Crippen LogP contribution in [0.25, 0.3) is 0 Å². The lowest BCUT2D eigenvalue weighted by Gasteiger charge is -2.24. The minimum atomic E-state index is -0.807. The van der Waals surface area contributed by atoms with Crippen molar-refractivity contribution in [2.75, 3.05) is 19.7 Å². The number of carbonyl (C=O) groups excluding carboxylic acids is 1. The number of hydrogen-bond acceptors (Lipinski definition) is 4. The van der Waals surface area contributed by atoms with Crippen molar-refractivity contribution >= 4 is 11.9 Å². The molecule has 0 spiro atoms. The molecule has 0 unspecified atom stereocenters. The van der Waals surface area contributed by atoms with Gasteiger partial charge in [0.25, 0.3) is 0 Å². The van der Waals surface area contributed by atoms with Crippen LogP contribution < -0.4 is 10.1 Å². The molecule has 0 aliphatic carbocycles. The van der Waals surface area contributed by atoms with Crippen molar-refractivity contribution in [2.45, 2.75) is 52.1 Å². The Labute approximate surface area is 184 Å². The number of ether oxygens (including phenoxy) is 1. The minimum Gasteiger partial charge on any atom is -0.493 e. The number of nitrogens with zero attached hydrogens (tertiary/aromatic N) is 1. The standard InChI is InChI=1S/C25H32N2O4/c1-19-5-7-21(8-6-19)16-27-17-22-15-20(10-12-25(29)30)9-11-23(22)31-14-4-2-3-13-26-24(28)18-27/h5-9,11,15H,2-4,10,12-14,16-18H2,1H3,(H,26,28)(H,29,30). The van der Waals surface area contributed by atoms with Gasteiger partial charge in [-0.05, 0) is 49.8 Å². The SMILES string of the molecule is Cc1ccc(CN2CC(=O)NCCCCCOc3ccc(CCC(=O)O)cc3C2)cc1. The number of fused-ring (bicyclic) bond motifs is 1. The summed E-state index contributed by atoms with van der Waals surface area (Å²) in [6.07, 6.45) is 3.44. The second kappa shape index (κ2) is 11.5. The van der Waals surface area contributed by atoms with Gasteiger partial charge in [0.1, 0.15) is 5.75 Å². The molecule has 1 aliphatic rings. The summed E-state index contributed by atoms with van der Waals surface area (Å²) in [6.45, 7) is 4.87. The fraction of sp³-hybridized carbons (Fsp3) is 0.440. The van der Waals surface area contributed by atoms with E-state index in [9.17, 15) is 9.59 Å². The maximum absolute atomic E-state index is 12.5. The second-order valence-electron chi connectivity index (χ2n) is 8.23. The summed E-state index contributed by atoms with van der Waals surface area (Å²) in [5.74, 6) is 0.0291. The largest absolute Gasteiger partial charge is 0.493 e. The smallest absolute Gasteiger partial charge is 0.303 e. The second-order valence-corrected chi connectivity index (χ2v) is 8.23. The Balaban J connectivity index is 1.85. The summed E-state index contributed by atoms with van der Waals surface area (Å²) in [6, 6.07) is 14.3. The van der Waals surface area contributed by atoms with Crippen LogP contribution in [0.3, 0.4) is 0 Å². The van der Waals surface area contributed by atoms with Crippen molar-refractivity contribution in [3.05, 3.63) is 64.7 Å². The van der Waals surface area contributed by atoms with Crippen LogP contribution in [-0.4, -0.2) is 41.6 Å². The number of nitrogens with one attached hydrogen (secondary N) is 1. The molecule has 0 fully saturated rings. The molecule has 1 aliphatic heterocycles. The zero-order chi connectivity index (χ0) is 22.1. The molecule has 2 aromatic rings. The van der Waals surface area contributed by atoms with Crippen LogP contribution in [0.15, 0.2) is 42.5 Å². The summed E-state index contributed by atoms with van der Waals surface area (Å²) in [7, 11) is 0. The molecule has 0 bridgehead atoms. The van der Waals surface area contributed by atoms with Gasteiger partial charge in [0, 0.05) is 31.6 Å². The third kappa shape index (κ3) is 7.72. The molecule has 0 radical (unpaired) electrons. The van der Waals surface area contributed by atoms with Crippen LogP contribution >= 0.6 is 0 Å². The number of amides is 1. The number of carboxylic acid groups (broad SMARTS) is 1. The Morgan fingerprint density at radius 2 is 1.84 bits per heavy atom. The van der Waals surface area contributed by atoms with E-state index in [4.69, 9.17) is 9.84 Å². The van der Waals surface area contributed by atoms with Crippen molar-refractivity contribution in [1.82, 2.24) is 10.2 Å². The highest BCUT2D eigenvalue weighted by Crippen LogP contribution is 2.24. The Bertz CT molecular complexity index is 880. The summed E-state index contributed by atoms with van der Waals surface area (Å²) >= 11 is 0. The monoisotopic (exact) mass is 424 g/mol. The van der Waals surface area contributed by atoms with Crippen molar-refractivity contribution in [1.29, 1.82) is 0 Å². The number of rotatable bonds is 5. The first-order valence-electron chi connectivity index (χ1n) is 11.0. The number of carbonyl (C=O) groups is 2. The number of aryl methyl sites for hydroxylation is 2. The van der Waals surface area contributed by atoms with Crippen LogP contribution in [-0.2, 0) is 29.1 Å². The van der Waals surface area contributed by atoms with Crippen LogP contribution in [0.5, 0.6) is 5.75 Å². The Kier molecular flexibility index (Phi) is 8.47. The number of carboxylic acids is 1. The molecule has 1 amide bonds. The highest BCUT2D eigenvalue weighted by molar-refractivity contribution is 5.78. The summed E-state index contributed by atoms with van der Waals surface area (Å²) in [4.78, 5) is 25.6. The molecule has 31 heavy (non-hydrogen) atoms. The Morgan fingerprint density at radius 1 is 1.06 bits per heavy atom. The molecule has 1 heterocycles. The van der Waals surface area contributed by atoms with Gasteiger partial charge in [0.15, 0.2) is 0 Å². The Morgan fingerprint density at radius 3 is 2.61 bits per heavy atom. The molecule has 0 saturated carbocycles. The molecule has 166 valence electrons. The first-order valence-corrected chi connectivity index (χ1v) is 11.0. The predicted molar refractivity (Wildman–Crippen MR) is 120 cm³/mol. The summed E-state index contributed by atoms with van der Waals surface area (Å²) < 4.78 is 6.07. The van der Waals surface area contributed by atoms with Gasteiger partial charge >= 0.3 is 5.97 Å². The lowest BCUT2D eigenvalue weighted by atomic mass is 10.0. The van der Waals surface area contributed by atoms with E-state index in [1.165, 1.54) is 5.56 Å². The van der Waals surface area contributed by atoms with Crippen molar-refractivity contribution in [3.8, 4) is 5.75 Å². The molecule has 6 heteroatoms. The van der Waals surface area contributed by atoms with Gasteiger partial charge in [-0.2, -0.15) is 0 Å². The first kappa shape index (κ1) is 22.8. The van der Waals surface area contributed by atoms with Crippen molar-refractivity contribution in [3.63, 3.8) is 0 Å². The highest BCUT2D eigenvalue weighted by atomic mass is 16.5. The number of benzene rings is 2. The normalized spacial score (nSPS) is 16.1. The van der Waals surface area contributed by atoms with Gasteiger partial charge < -0.3 is 15.2 Å². The van der Waals surface area contributed by atoms with Crippen LogP contribution in [0.4, 0.5) is 0 Å². The Hall–Kier alpha value is -2.86. The lowest BCUT2D eigenvalue weighted by molar-refractivity contribution is -0.137. The first-order chi connectivity index (χ1) is 15.0. The molecule has 3 rings (SSSR count). The van der Waals surface area contributed by atoms with Gasteiger partial charge in [-0.3, -0.25) is 14.5 Å². The van der Waals surface area contributed by atoms with E-state index in [0.29, 0.717) is 39.2 Å². The van der Waals surface area contributed by atoms with Crippen LogP contribution in [0, 0.1) is 6.92 Å². The van der Waals surface area contributed by atoms with E-state index in [2.05, 4.69) is 41.4 Å². The molecule has 2 N–H and O–H groups in total. The fourth-order valence-electron chi connectivity index (χ4n) is 3.74. The van der Waals surface area contributed by atoms with E-state index in [0.717, 1.165) is 41.7 Å². The maximum atomic E-state index is 12.5. The van der Waals surface area contributed by atoms with E-state index in [-0.39, 0.29) is 12.3 Å².